The van der Waals surface area contributed by atoms with Crippen molar-refractivity contribution in [3.05, 3.63) is 95.6 Å². The maximum Gasteiger partial charge on any atom is 0.278 e. The maximum atomic E-state index is 12.0. The highest BCUT2D eigenvalue weighted by Gasteiger charge is 2.42. The molecule has 0 radical (unpaired) electrons. The molecule has 23 heavy (non-hydrogen) atoms. The Hall–Kier alpha value is -2.17. The molecule has 1 aliphatic rings. The van der Waals surface area contributed by atoms with Gasteiger partial charge in [0, 0.05) is 0 Å². The highest BCUT2D eigenvalue weighted by Crippen LogP contribution is 2.39. The van der Waals surface area contributed by atoms with Crippen molar-refractivity contribution >= 4 is 10.1 Å². The molecule has 1 atom stereocenters. The molecule has 2 aromatic rings. The van der Waals surface area contributed by atoms with Gasteiger partial charge in [-0.05, 0) is 29.5 Å². The normalized spacial score (nSPS) is 21.0. The van der Waals surface area contributed by atoms with Crippen molar-refractivity contribution in [1.29, 1.82) is 0 Å². The first-order chi connectivity index (χ1) is 11.0. The summed E-state index contributed by atoms with van der Waals surface area (Å²) in [6.07, 6.45) is 6.28. The highest BCUT2D eigenvalue weighted by molar-refractivity contribution is 7.87. The van der Waals surface area contributed by atoms with Crippen LogP contribution < -0.4 is 0 Å². The first-order valence-corrected chi connectivity index (χ1v) is 8.90. The van der Waals surface area contributed by atoms with Gasteiger partial charge < -0.3 is 0 Å². The van der Waals surface area contributed by atoms with Crippen LogP contribution in [0, 0.1) is 0 Å². The number of benzene rings is 2. The topological polar surface area (TPSA) is 54.4 Å². The monoisotopic (exact) mass is 326 g/mol. The number of hydrogen-bond donors (Lipinski definition) is 1. The minimum Gasteiger partial charge on any atom is -0.285 e. The van der Waals surface area contributed by atoms with Gasteiger partial charge in [0.05, 0.1) is 0 Å². The summed E-state index contributed by atoms with van der Waals surface area (Å²) in [6.45, 7) is 0. The zero-order chi connectivity index (χ0) is 16.3. The van der Waals surface area contributed by atoms with Crippen molar-refractivity contribution in [1.82, 2.24) is 0 Å². The minimum absolute atomic E-state index is 0.231. The van der Waals surface area contributed by atoms with E-state index in [-0.39, 0.29) is 6.42 Å². The van der Waals surface area contributed by atoms with Gasteiger partial charge in [0.2, 0.25) is 0 Å². The lowest BCUT2D eigenvalue weighted by Gasteiger charge is -2.29. The second-order valence-corrected chi connectivity index (χ2v) is 7.39. The van der Waals surface area contributed by atoms with E-state index in [0.717, 1.165) is 12.0 Å². The molecule has 0 fully saturated rings. The van der Waals surface area contributed by atoms with Crippen LogP contribution in [-0.2, 0) is 21.3 Å². The average molecular weight is 326 g/mol. The van der Waals surface area contributed by atoms with Gasteiger partial charge in [-0.1, -0.05) is 78.9 Å². The Morgan fingerprint density at radius 1 is 0.957 bits per heavy atom. The zero-order valence-electron chi connectivity index (χ0n) is 12.6. The average Bonchev–Trinajstić information content (AvgIpc) is 2.56. The fourth-order valence-corrected chi connectivity index (χ4v) is 3.87. The lowest BCUT2D eigenvalue weighted by molar-refractivity contribution is 0.448. The molecule has 0 saturated carbocycles. The van der Waals surface area contributed by atoms with Crippen LogP contribution in [0.15, 0.2) is 84.5 Å². The molecule has 0 saturated heterocycles. The third kappa shape index (κ3) is 3.14. The van der Waals surface area contributed by atoms with E-state index < -0.39 is 14.9 Å². The quantitative estimate of drug-likeness (QED) is 0.867. The second kappa shape index (κ2) is 6.14. The minimum atomic E-state index is -4.27. The third-order valence-electron chi connectivity index (χ3n) is 4.21. The van der Waals surface area contributed by atoms with Crippen molar-refractivity contribution < 1.29 is 13.0 Å². The molecular formula is C19H18O3S. The molecule has 3 rings (SSSR count). The lowest BCUT2D eigenvalue weighted by Crippen LogP contribution is -2.34. The van der Waals surface area contributed by atoms with Crippen molar-refractivity contribution in [2.75, 3.05) is 0 Å². The van der Waals surface area contributed by atoms with Gasteiger partial charge in [0.15, 0.2) is 0 Å². The van der Waals surface area contributed by atoms with Gasteiger partial charge in [-0.2, -0.15) is 8.42 Å². The molecule has 0 heterocycles. The predicted molar refractivity (Wildman–Crippen MR) is 91.7 cm³/mol. The number of hydrogen-bond acceptors (Lipinski definition) is 2. The maximum absolute atomic E-state index is 12.0. The van der Waals surface area contributed by atoms with E-state index in [1.807, 2.05) is 42.5 Å². The molecule has 1 N–H and O–H groups in total. The summed E-state index contributed by atoms with van der Waals surface area (Å²) in [5.74, 6) is 0. The van der Waals surface area contributed by atoms with Gasteiger partial charge >= 0.3 is 0 Å². The Morgan fingerprint density at radius 3 is 2.09 bits per heavy atom. The Labute approximate surface area is 136 Å². The second-order valence-electron chi connectivity index (χ2n) is 5.71. The summed E-state index contributed by atoms with van der Waals surface area (Å²) in [5.41, 5.74) is 2.79. The van der Waals surface area contributed by atoms with Crippen LogP contribution in [0.1, 0.15) is 17.5 Å². The molecule has 0 spiro atoms. The standard InChI is InChI=1S/C19H18O3S/c20-23(21,22)19(18-9-5-2-6-10-18)13-11-17(12-14-19)15-16-7-3-1-4-8-16/h1-13H,14-15H2,(H,20,21,22). The summed E-state index contributed by atoms with van der Waals surface area (Å²) in [4.78, 5) is 0. The summed E-state index contributed by atoms with van der Waals surface area (Å²) in [6, 6.07) is 18.8. The molecule has 118 valence electrons. The van der Waals surface area contributed by atoms with Crippen molar-refractivity contribution in [2.24, 2.45) is 0 Å². The van der Waals surface area contributed by atoms with E-state index in [0.29, 0.717) is 5.56 Å². The SMILES string of the molecule is O=S(=O)(O)C1(c2ccccc2)C=CC(Cc2ccccc2)=CC1. The zero-order valence-corrected chi connectivity index (χ0v) is 13.4. The van der Waals surface area contributed by atoms with E-state index in [1.54, 1.807) is 36.4 Å². The van der Waals surface area contributed by atoms with Crippen LogP contribution in [-0.4, -0.2) is 13.0 Å². The summed E-state index contributed by atoms with van der Waals surface area (Å²) in [5, 5.41) is 0. The van der Waals surface area contributed by atoms with E-state index in [2.05, 4.69) is 0 Å². The van der Waals surface area contributed by atoms with Crippen LogP contribution in [0.5, 0.6) is 0 Å². The van der Waals surface area contributed by atoms with E-state index in [1.165, 1.54) is 5.56 Å². The van der Waals surface area contributed by atoms with Gasteiger partial charge in [-0.3, -0.25) is 4.55 Å². The first kappa shape index (κ1) is 15.7. The molecule has 0 amide bonds. The van der Waals surface area contributed by atoms with Crippen LogP contribution in [0.3, 0.4) is 0 Å². The predicted octanol–water partition coefficient (Wildman–Crippen LogP) is 3.90. The van der Waals surface area contributed by atoms with Crippen LogP contribution in [0.25, 0.3) is 0 Å². The Bertz CT molecular complexity index is 837. The van der Waals surface area contributed by atoms with Crippen molar-refractivity contribution in [2.45, 2.75) is 17.6 Å². The molecule has 0 bridgehead atoms. The highest BCUT2D eigenvalue weighted by atomic mass is 32.2. The third-order valence-corrected chi connectivity index (χ3v) is 5.67. The fourth-order valence-electron chi connectivity index (χ4n) is 2.90. The Balaban J connectivity index is 1.91. The van der Waals surface area contributed by atoms with Gasteiger partial charge in [0.25, 0.3) is 10.1 Å². The first-order valence-electron chi connectivity index (χ1n) is 7.46. The fraction of sp³-hybridized carbons (Fsp3) is 0.158. The lowest BCUT2D eigenvalue weighted by atomic mass is 9.87. The Kier molecular flexibility index (Phi) is 4.20. The molecule has 3 nitrogen and oxygen atoms in total. The van der Waals surface area contributed by atoms with E-state index in [4.69, 9.17) is 0 Å². The van der Waals surface area contributed by atoms with Gasteiger partial charge in [-0.15, -0.1) is 0 Å². The Morgan fingerprint density at radius 2 is 1.57 bits per heavy atom. The number of rotatable bonds is 4. The van der Waals surface area contributed by atoms with E-state index in [9.17, 15) is 13.0 Å². The summed E-state index contributed by atoms with van der Waals surface area (Å²) in [7, 11) is -4.27. The largest absolute Gasteiger partial charge is 0.285 e. The molecule has 1 aliphatic carbocycles. The summed E-state index contributed by atoms with van der Waals surface area (Å²) >= 11 is 0. The van der Waals surface area contributed by atoms with Gasteiger partial charge in [-0.25, -0.2) is 0 Å². The van der Waals surface area contributed by atoms with Crippen LogP contribution in [0.4, 0.5) is 0 Å². The molecule has 1 unspecified atom stereocenters. The number of allylic oxidation sites excluding steroid dienone is 3. The molecule has 0 aliphatic heterocycles. The smallest absolute Gasteiger partial charge is 0.278 e. The molecule has 0 aromatic heterocycles. The molecule has 2 aromatic carbocycles. The molecular weight excluding hydrogens is 308 g/mol. The van der Waals surface area contributed by atoms with Gasteiger partial charge in [0.1, 0.15) is 4.75 Å². The van der Waals surface area contributed by atoms with Crippen LogP contribution in [0.2, 0.25) is 0 Å². The molecule has 4 heteroatoms. The van der Waals surface area contributed by atoms with E-state index >= 15 is 0 Å². The van der Waals surface area contributed by atoms with Crippen molar-refractivity contribution in [3.63, 3.8) is 0 Å². The van der Waals surface area contributed by atoms with Crippen LogP contribution >= 0.6 is 0 Å². The summed E-state index contributed by atoms with van der Waals surface area (Å²) < 4.78 is 32.5. The van der Waals surface area contributed by atoms with Crippen molar-refractivity contribution in [3.8, 4) is 0 Å².